The highest BCUT2D eigenvalue weighted by atomic mass is 19.1. The number of nitrogens with one attached hydrogen (secondary N) is 1. The maximum Gasteiger partial charge on any atom is 0.248 e. The van der Waals surface area contributed by atoms with Crippen molar-refractivity contribution in [3.63, 3.8) is 0 Å². The molecule has 0 atom stereocenters. The van der Waals surface area contributed by atoms with E-state index in [1.54, 1.807) is 18.2 Å². The summed E-state index contributed by atoms with van der Waals surface area (Å²) in [5, 5.41) is 2.53. The number of benzene rings is 2. The predicted molar refractivity (Wildman–Crippen MR) is 83.0 cm³/mol. The Morgan fingerprint density at radius 2 is 1.83 bits per heavy atom. The molecule has 0 radical (unpaired) electrons. The van der Waals surface area contributed by atoms with Gasteiger partial charge in [0.2, 0.25) is 11.8 Å². The lowest BCUT2D eigenvalue weighted by atomic mass is 10.1. The molecule has 120 valence electrons. The number of rotatable bonds is 5. The van der Waals surface area contributed by atoms with Crippen LogP contribution in [0.4, 0.5) is 14.5 Å². The first-order valence-corrected chi connectivity index (χ1v) is 7.01. The quantitative estimate of drug-likeness (QED) is 0.889. The van der Waals surface area contributed by atoms with Crippen LogP contribution in [-0.4, -0.2) is 11.8 Å². The molecule has 0 spiro atoms. The summed E-state index contributed by atoms with van der Waals surface area (Å²) < 4.78 is 27.2. The summed E-state index contributed by atoms with van der Waals surface area (Å²) in [6, 6.07) is 8.52. The third-order valence-electron chi connectivity index (χ3n) is 3.48. The Balaban J connectivity index is 2.08. The molecule has 2 aromatic carbocycles. The van der Waals surface area contributed by atoms with Crippen LogP contribution in [0, 0.1) is 18.6 Å². The van der Waals surface area contributed by atoms with Crippen molar-refractivity contribution in [1.82, 2.24) is 0 Å². The van der Waals surface area contributed by atoms with Gasteiger partial charge in [-0.05, 0) is 37.1 Å². The molecule has 0 bridgehead atoms. The van der Waals surface area contributed by atoms with Crippen LogP contribution in [0.15, 0.2) is 36.4 Å². The Morgan fingerprint density at radius 3 is 2.48 bits per heavy atom. The molecular weight excluding hydrogens is 302 g/mol. The largest absolute Gasteiger partial charge is 0.366 e. The smallest absolute Gasteiger partial charge is 0.248 e. The first-order valence-electron chi connectivity index (χ1n) is 7.01. The second-order valence-electron chi connectivity index (χ2n) is 5.13. The zero-order chi connectivity index (χ0) is 17.0. The van der Waals surface area contributed by atoms with Crippen molar-refractivity contribution >= 4 is 17.5 Å². The molecule has 0 fully saturated rings. The summed E-state index contributed by atoms with van der Waals surface area (Å²) in [6.07, 6.45) is 0.248. The normalized spacial score (nSPS) is 10.4. The fourth-order valence-corrected chi connectivity index (χ4v) is 2.11. The fourth-order valence-electron chi connectivity index (χ4n) is 2.11. The van der Waals surface area contributed by atoms with E-state index in [2.05, 4.69) is 5.32 Å². The van der Waals surface area contributed by atoms with Gasteiger partial charge in [0.05, 0.1) is 0 Å². The summed E-state index contributed by atoms with van der Waals surface area (Å²) in [7, 11) is 0. The molecule has 0 unspecified atom stereocenters. The molecule has 0 aliphatic heterocycles. The van der Waals surface area contributed by atoms with Crippen molar-refractivity contribution in [2.45, 2.75) is 19.8 Å². The van der Waals surface area contributed by atoms with Gasteiger partial charge in [0.1, 0.15) is 11.6 Å². The highest BCUT2D eigenvalue weighted by Crippen LogP contribution is 2.21. The molecule has 2 amide bonds. The van der Waals surface area contributed by atoms with E-state index in [1.807, 2.05) is 0 Å². The minimum Gasteiger partial charge on any atom is -0.366 e. The van der Waals surface area contributed by atoms with E-state index in [4.69, 9.17) is 5.73 Å². The molecule has 0 saturated carbocycles. The number of nitrogens with two attached hydrogens (primary N) is 1. The SMILES string of the molecule is Cc1c(F)cc(C(N)=O)cc1NC(=O)CCc1ccccc1F. The highest BCUT2D eigenvalue weighted by Gasteiger charge is 2.13. The third-order valence-corrected chi connectivity index (χ3v) is 3.48. The number of hydrogen-bond acceptors (Lipinski definition) is 2. The van der Waals surface area contributed by atoms with Crippen LogP contribution < -0.4 is 11.1 Å². The van der Waals surface area contributed by atoms with E-state index < -0.39 is 17.6 Å². The van der Waals surface area contributed by atoms with Crippen molar-refractivity contribution in [1.29, 1.82) is 0 Å². The number of carbonyl (C=O) groups excluding carboxylic acids is 2. The van der Waals surface area contributed by atoms with Crippen LogP contribution in [0.1, 0.15) is 27.9 Å². The van der Waals surface area contributed by atoms with E-state index in [1.165, 1.54) is 19.1 Å². The predicted octanol–water partition coefficient (Wildman–Crippen LogP) is 2.94. The monoisotopic (exact) mass is 318 g/mol. The molecule has 0 saturated heterocycles. The number of carbonyl (C=O) groups is 2. The summed E-state index contributed by atoms with van der Waals surface area (Å²) in [5.74, 6) is -2.20. The van der Waals surface area contributed by atoms with Crippen LogP contribution >= 0.6 is 0 Å². The van der Waals surface area contributed by atoms with Crippen LogP contribution in [0.3, 0.4) is 0 Å². The lowest BCUT2D eigenvalue weighted by Gasteiger charge is -2.11. The van der Waals surface area contributed by atoms with Crippen molar-refractivity contribution in [3.8, 4) is 0 Å². The third kappa shape index (κ3) is 4.12. The molecule has 0 heterocycles. The number of aryl methyl sites for hydroxylation is 1. The molecule has 3 N–H and O–H groups in total. The van der Waals surface area contributed by atoms with Gasteiger partial charge in [0.25, 0.3) is 0 Å². The lowest BCUT2D eigenvalue weighted by molar-refractivity contribution is -0.116. The maximum atomic E-state index is 13.7. The minimum atomic E-state index is -0.786. The van der Waals surface area contributed by atoms with Gasteiger partial charge >= 0.3 is 0 Å². The molecule has 0 aliphatic carbocycles. The van der Waals surface area contributed by atoms with Crippen LogP contribution in [0.25, 0.3) is 0 Å². The first-order chi connectivity index (χ1) is 10.9. The summed E-state index contributed by atoms with van der Waals surface area (Å²) in [4.78, 5) is 23.1. The number of amides is 2. The summed E-state index contributed by atoms with van der Waals surface area (Å²) in [6.45, 7) is 1.48. The van der Waals surface area contributed by atoms with Gasteiger partial charge in [-0.15, -0.1) is 0 Å². The van der Waals surface area contributed by atoms with Crippen molar-refractivity contribution in [2.75, 3.05) is 5.32 Å². The number of anilines is 1. The summed E-state index contributed by atoms with van der Waals surface area (Å²) >= 11 is 0. The van der Waals surface area contributed by atoms with Gasteiger partial charge in [0, 0.05) is 23.2 Å². The molecule has 0 aromatic heterocycles. The van der Waals surface area contributed by atoms with Crippen LogP contribution in [0.2, 0.25) is 0 Å². The van der Waals surface area contributed by atoms with Gasteiger partial charge in [-0.2, -0.15) is 0 Å². The van der Waals surface area contributed by atoms with E-state index in [0.717, 1.165) is 6.07 Å². The van der Waals surface area contributed by atoms with Crippen molar-refractivity contribution in [2.24, 2.45) is 5.73 Å². The second-order valence-corrected chi connectivity index (χ2v) is 5.13. The summed E-state index contributed by atoms with van der Waals surface area (Å²) in [5.41, 5.74) is 5.90. The fraction of sp³-hybridized carbons (Fsp3) is 0.176. The topological polar surface area (TPSA) is 72.2 Å². The number of halogens is 2. The Labute approximate surface area is 132 Å². The molecule has 2 rings (SSSR count). The Morgan fingerprint density at radius 1 is 1.13 bits per heavy atom. The Hall–Kier alpha value is -2.76. The second kappa shape index (κ2) is 7.00. The molecule has 6 heteroatoms. The van der Waals surface area contributed by atoms with Gasteiger partial charge < -0.3 is 11.1 Å². The van der Waals surface area contributed by atoms with E-state index >= 15 is 0 Å². The van der Waals surface area contributed by atoms with Crippen LogP contribution in [-0.2, 0) is 11.2 Å². The Bertz CT molecular complexity index is 760. The van der Waals surface area contributed by atoms with Gasteiger partial charge in [-0.3, -0.25) is 9.59 Å². The van der Waals surface area contributed by atoms with Gasteiger partial charge in [-0.1, -0.05) is 18.2 Å². The van der Waals surface area contributed by atoms with Crippen molar-refractivity contribution < 1.29 is 18.4 Å². The Kier molecular flexibility index (Phi) is 5.05. The zero-order valence-corrected chi connectivity index (χ0v) is 12.5. The van der Waals surface area contributed by atoms with Crippen LogP contribution in [0.5, 0.6) is 0 Å². The number of primary amides is 1. The van der Waals surface area contributed by atoms with Gasteiger partial charge in [-0.25, -0.2) is 8.78 Å². The van der Waals surface area contributed by atoms with E-state index in [0.29, 0.717) is 5.56 Å². The zero-order valence-electron chi connectivity index (χ0n) is 12.5. The van der Waals surface area contributed by atoms with Gasteiger partial charge in [0.15, 0.2) is 0 Å². The highest BCUT2D eigenvalue weighted by molar-refractivity contribution is 5.97. The standard InChI is InChI=1S/C17H16F2N2O2/c1-10-14(19)8-12(17(20)23)9-15(10)21-16(22)7-6-11-4-2-3-5-13(11)18/h2-5,8-9H,6-7H2,1H3,(H2,20,23)(H,21,22). The molecule has 2 aromatic rings. The molecular formula is C17H16F2N2O2. The molecule has 0 aliphatic rings. The lowest BCUT2D eigenvalue weighted by Crippen LogP contribution is -2.16. The van der Waals surface area contributed by atoms with Crippen molar-refractivity contribution in [3.05, 3.63) is 64.7 Å². The molecule has 23 heavy (non-hydrogen) atoms. The minimum absolute atomic E-state index is 0.0301. The first kappa shape index (κ1) is 16.6. The number of hydrogen-bond donors (Lipinski definition) is 2. The van der Waals surface area contributed by atoms with E-state index in [-0.39, 0.29) is 35.5 Å². The maximum absolute atomic E-state index is 13.7. The molecule has 4 nitrogen and oxygen atoms in total. The average molecular weight is 318 g/mol. The van der Waals surface area contributed by atoms with E-state index in [9.17, 15) is 18.4 Å². The average Bonchev–Trinajstić information content (AvgIpc) is 2.50.